The number of nitrogens with zero attached hydrogens (tertiary/aromatic N) is 1. The number of fused-ring (bicyclic) bond motifs is 1. The lowest BCUT2D eigenvalue weighted by Gasteiger charge is -2.09. The van der Waals surface area contributed by atoms with E-state index in [4.69, 9.17) is 25.8 Å². The Bertz CT molecular complexity index is 675. The Morgan fingerprint density at radius 2 is 2.17 bits per heavy atom. The number of aromatic nitrogens is 1. The number of pyridine rings is 1. The van der Waals surface area contributed by atoms with Crippen molar-refractivity contribution >= 4 is 28.5 Å². The van der Waals surface area contributed by atoms with Crippen LogP contribution in [0.15, 0.2) is 43.1 Å². The highest BCUT2D eigenvalue weighted by Crippen LogP contribution is 2.29. The SMILES string of the molecule is C=CCOCCCOC(=O)COc1ccc(Cl)c2cccnc12. The lowest BCUT2D eigenvalue weighted by atomic mass is 10.2. The predicted molar refractivity (Wildman–Crippen MR) is 88.8 cm³/mol. The van der Waals surface area contributed by atoms with Crippen molar-refractivity contribution in [1.82, 2.24) is 4.98 Å². The molecule has 5 nitrogen and oxygen atoms in total. The van der Waals surface area contributed by atoms with Crippen molar-refractivity contribution in [2.24, 2.45) is 0 Å². The average molecular weight is 336 g/mol. The lowest BCUT2D eigenvalue weighted by Crippen LogP contribution is -2.16. The molecular formula is C17H18ClNO4. The van der Waals surface area contributed by atoms with Crippen molar-refractivity contribution in [3.05, 3.63) is 48.1 Å². The fraction of sp³-hybridized carbons (Fsp3) is 0.294. The molecule has 122 valence electrons. The van der Waals surface area contributed by atoms with Crippen molar-refractivity contribution in [1.29, 1.82) is 0 Å². The molecule has 2 aromatic rings. The zero-order chi connectivity index (χ0) is 16.5. The first kappa shape index (κ1) is 17.2. The molecule has 0 saturated heterocycles. The van der Waals surface area contributed by atoms with Crippen LogP contribution in [0.3, 0.4) is 0 Å². The van der Waals surface area contributed by atoms with E-state index < -0.39 is 5.97 Å². The second-order valence-corrected chi connectivity index (χ2v) is 5.08. The van der Waals surface area contributed by atoms with Gasteiger partial charge in [0.2, 0.25) is 0 Å². The molecule has 0 N–H and O–H groups in total. The van der Waals surface area contributed by atoms with Crippen LogP contribution in [0.25, 0.3) is 10.9 Å². The highest BCUT2D eigenvalue weighted by Gasteiger charge is 2.09. The number of esters is 1. The third-order valence-corrected chi connectivity index (χ3v) is 3.29. The van der Waals surface area contributed by atoms with Crippen molar-refractivity contribution in [2.45, 2.75) is 6.42 Å². The zero-order valence-corrected chi connectivity index (χ0v) is 13.4. The van der Waals surface area contributed by atoms with E-state index in [0.717, 1.165) is 5.39 Å². The second kappa shape index (κ2) is 9.12. The van der Waals surface area contributed by atoms with Crippen LogP contribution in [-0.2, 0) is 14.3 Å². The van der Waals surface area contributed by atoms with E-state index in [1.54, 1.807) is 30.5 Å². The predicted octanol–water partition coefficient (Wildman–Crippen LogP) is 3.40. The Morgan fingerprint density at radius 1 is 1.30 bits per heavy atom. The molecule has 0 radical (unpaired) electrons. The van der Waals surface area contributed by atoms with Gasteiger partial charge in [-0.25, -0.2) is 4.79 Å². The fourth-order valence-electron chi connectivity index (χ4n) is 1.92. The van der Waals surface area contributed by atoms with Crippen molar-refractivity contribution in [3.8, 4) is 5.75 Å². The molecule has 0 bridgehead atoms. The maximum Gasteiger partial charge on any atom is 0.344 e. The monoisotopic (exact) mass is 335 g/mol. The van der Waals surface area contributed by atoms with Gasteiger partial charge in [0.1, 0.15) is 11.3 Å². The number of carbonyl (C=O) groups is 1. The molecule has 0 unspecified atom stereocenters. The van der Waals surface area contributed by atoms with Crippen LogP contribution >= 0.6 is 11.6 Å². The first-order valence-corrected chi connectivity index (χ1v) is 7.60. The van der Waals surface area contributed by atoms with Gasteiger partial charge in [0.15, 0.2) is 6.61 Å². The van der Waals surface area contributed by atoms with E-state index in [1.807, 2.05) is 6.07 Å². The minimum Gasteiger partial charge on any atom is -0.480 e. The van der Waals surface area contributed by atoms with Gasteiger partial charge in [-0.1, -0.05) is 17.7 Å². The van der Waals surface area contributed by atoms with Gasteiger partial charge in [-0.15, -0.1) is 6.58 Å². The first-order valence-electron chi connectivity index (χ1n) is 7.22. The van der Waals surface area contributed by atoms with Crippen LogP contribution in [0.1, 0.15) is 6.42 Å². The maximum atomic E-state index is 11.7. The van der Waals surface area contributed by atoms with Crippen LogP contribution < -0.4 is 4.74 Å². The molecule has 23 heavy (non-hydrogen) atoms. The molecular weight excluding hydrogens is 318 g/mol. The van der Waals surface area contributed by atoms with Gasteiger partial charge in [-0.2, -0.15) is 0 Å². The summed E-state index contributed by atoms with van der Waals surface area (Å²) in [5.74, 6) is 0.0593. The molecule has 6 heteroatoms. The summed E-state index contributed by atoms with van der Waals surface area (Å²) in [4.78, 5) is 15.9. The summed E-state index contributed by atoms with van der Waals surface area (Å²) >= 11 is 6.11. The Kier molecular flexibility index (Phi) is 6.84. The Balaban J connectivity index is 1.81. The molecule has 0 spiro atoms. The quantitative estimate of drug-likeness (QED) is 0.399. The molecule has 1 aromatic heterocycles. The van der Waals surface area contributed by atoms with Gasteiger partial charge >= 0.3 is 5.97 Å². The summed E-state index contributed by atoms with van der Waals surface area (Å²) in [6.07, 6.45) is 3.95. The summed E-state index contributed by atoms with van der Waals surface area (Å²) < 4.78 is 15.7. The minimum atomic E-state index is -0.437. The largest absolute Gasteiger partial charge is 0.480 e. The van der Waals surface area contributed by atoms with Gasteiger partial charge in [-0.05, 0) is 24.3 Å². The highest BCUT2D eigenvalue weighted by molar-refractivity contribution is 6.35. The normalized spacial score (nSPS) is 10.5. The number of halogens is 1. The van der Waals surface area contributed by atoms with E-state index in [2.05, 4.69) is 11.6 Å². The molecule has 1 aromatic carbocycles. The first-order chi connectivity index (χ1) is 11.2. The topological polar surface area (TPSA) is 57.7 Å². The van der Waals surface area contributed by atoms with Crippen LogP contribution in [0.2, 0.25) is 5.02 Å². The summed E-state index contributed by atoms with van der Waals surface area (Å²) in [5, 5.41) is 1.36. The van der Waals surface area contributed by atoms with Gasteiger partial charge in [-0.3, -0.25) is 4.98 Å². The van der Waals surface area contributed by atoms with Gasteiger partial charge in [0, 0.05) is 18.0 Å². The summed E-state index contributed by atoms with van der Waals surface area (Å²) in [7, 11) is 0. The molecule has 1 heterocycles. The van der Waals surface area contributed by atoms with Gasteiger partial charge < -0.3 is 14.2 Å². The summed E-state index contributed by atoms with van der Waals surface area (Å²) in [5.41, 5.74) is 0.616. The molecule has 0 atom stereocenters. The third kappa shape index (κ3) is 5.23. The van der Waals surface area contributed by atoms with E-state index in [-0.39, 0.29) is 6.61 Å². The summed E-state index contributed by atoms with van der Waals surface area (Å²) in [6.45, 7) is 4.67. The smallest absolute Gasteiger partial charge is 0.344 e. The fourth-order valence-corrected chi connectivity index (χ4v) is 2.14. The van der Waals surface area contributed by atoms with Crippen LogP contribution in [0, 0.1) is 0 Å². The molecule has 0 saturated carbocycles. The van der Waals surface area contributed by atoms with Crippen LogP contribution in [0.5, 0.6) is 5.75 Å². The molecule has 0 aliphatic carbocycles. The van der Waals surface area contributed by atoms with Gasteiger partial charge in [0.05, 0.1) is 24.8 Å². The number of hydrogen-bond acceptors (Lipinski definition) is 5. The molecule has 0 fully saturated rings. The molecule has 0 aliphatic rings. The summed E-state index contributed by atoms with van der Waals surface area (Å²) in [6, 6.07) is 7.04. The molecule has 0 aliphatic heterocycles. The number of rotatable bonds is 9. The zero-order valence-electron chi connectivity index (χ0n) is 12.7. The number of ether oxygens (including phenoxy) is 3. The number of benzene rings is 1. The molecule has 0 amide bonds. The van der Waals surface area contributed by atoms with E-state index >= 15 is 0 Å². The van der Waals surface area contributed by atoms with E-state index in [0.29, 0.717) is 42.5 Å². The van der Waals surface area contributed by atoms with Crippen LogP contribution in [-0.4, -0.2) is 37.4 Å². The lowest BCUT2D eigenvalue weighted by molar-refractivity contribution is -0.146. The van der Waals surface area contributed by atoms with Crippen molar-refractivity contribution in [2.75, 3.05) is 26.4 Å². The van der Waals surface area contributed by atoms with Crippen LogP contribution in [0.4, 0.5) is 0 Å². The standard InChI is InChI=1S/C17H18ClNO4/c1-2-9-21-10-4-11-22-16(20)12-23-15-7-6-14(18)13-5-3-8-19-17(13)15/h2-3,5-8H,1,4,9-12H2. The molecule has 2 rings (SSSR count). The van der Waals surface area contributed by atoms with E-state index in [1.165, 1.54) is 0 Å². The van der Waals surface area contributed by atoms with Crippen molar-refractivity contribution in [3.63, 3.8) is 0 Å². The Labute approximate surface area is 139 Å². The number of hydrogen-bond donors (Lipinski definition) is 0. The van der Waals surface area contributed by atoms with Crippen molar-refractivity contribution < 1.29 is 19.0 Å². The number of carbonyl (C=O) groups excluding carboxylic acids is 1. The van der Waals surface area contributed by atoms with E-state index in [9.17, 15) is 4.79 Å². The maximum absolute atomic E-state index is 11.7. The Hall–Kier alpha value is -2.11. The minimum absolute atomic E-state index is 0.180. The third-order valence-electron chi connectivity index (χ3n) is 2.96. The Morgan fingerprint density at radius 3 is 3.00 bits per heavy atom. The second-order valence-electron chi connectivity index (χ2n) is 4.67. The van der Waals surface area contributed by atoms with Gasteiger partial charge in [0.25, 0.3) is 0 Å². The average Bonchev–Trinajstić information content (AvgIpc) is 2.58. The highest BCUT2D eigenvalue weighted by atomic mass is 35.5.